The van der Waals surface area contributed by atoms with Crippen LogP contribution in [0.1, 0.15) is 40.0 Å². The molecule has 0 saturated carbocycles. The third kappa shape index (κ3) is 7.63. The summed E-state index contributed by atoms with van der Waals surface area (Å²) in [5.74, 6) is 0. The second-order valence-corrected chi connectivity index (χ2v) is 4.66. The van der Waals surface area contributed by atoms with Crippen LogP contribution in [0.3, 0.4) is 0 Å². The average molecular weight is 253 g/mol. The molecule has 0 aliphatic heterocycles. The lowest BCUT2D eigenvalue weighted by Gasteiger charge is -2.34. The molecule has 0 heterocycles. The van der Waals surface area contributed by atoms with E-state index in [0.29, 0.717) is 13.0 Å². The molecule has 104 valence electrons. The van der Waals surface area contributed by atoms with Gasteiger partial charge in [0.1, 0.15) is 6.61 Å². The zero-order valence-electron chi connectivity index (χ0n) is 11.0. The van der Waals surface area contributed by atoms with E-state index in [4.69, 9.17) is 4.74 Å². The van der Waals surface area contributed by atoms with E-state index >= 15 is 0 Å². The molecule has 3 nitrogen and oxygen atoms in total. The van der Waals surface area contributed by atoms with Crippen LogP contribution in [0.4, 0.5) is 8.78 Å². The minimum atomic E-state index is -2.41. The molecule has 0 aromatic heterocycles. The zero-order chi connectivity index (χ0) is 13.3. The quantitative estimate of drug-likeness (QED) is 0.586. The molecule has 0 fully saturated rings. The first kappa shape index (κ1) is 16.7. The molecule has 0 amide bonds. The Bertz CT molecular complexity index is 185. The lowest BCUT2D eigenvalue weighted by Crippen LogP contribution is -2.51. The van der Waals surface area contributed by atoms with Gasteiger partial charge in [-0.1, -0.05) is 20.8 Å². The van der Waals surface area contributed by atoms with Crippen LogP contribution in [0.2, 0.25) is 0 Å². The maximum absolute atomic E-state index is 11.8. The molecule has 0 aliphatic carbocycles. The molecule has 1 atom stereocenters. The SMILES string of the molecule is CCC(CO)(CCCOCC(F)F)NC(C)C. The van der Waals surface area contributed by atoms with Crippen molar-refractivity contribution in [3.8, 4) is 0 Å². The number of halogens is 2. The number of hydrogen-bond donors (Lipinski definition) is 2. The van der Waals surface area contributed by atoms with Crippen LogP contribution in [0, 0.1) is 0 Å². The van der Waals surface area contributed by atoms with Gasteiger partial charge in [-0.15, -0.1) is 0 Å². The fraction of sp³-hybridized carbons (Fsp3) is 1.00. The van der Waals surface area contributed by atoms with Gasteiger partial charge in [0, 0.05) is 18.2 Å². The molecule has 0 aromatic carbocycles. The summed E-state index contributed by atoms with van der Waals surface area (Å²) in [4.78, 5) is 0. The van der Waals surface area contributed by atoms with Gasteiger partial charge in [-0.2, -0.15) is 0 Å². The van der Waals surface area contributed by atoms with E-state index < -0.39 is 13.0 Å². The fourth-order valence-corrected chi connectivity index (χ4v) is 1.88. The summed E-state index contributed by atoms with van der Waals surface area (Å²) in [6, 6.07) is 0.282. The molecule has 0 aliphatic rings. The highest BCUT2D eigenvalue weighted by molar-refractivity contribution is 4.87. The summed E-state index contributed by atoms with van der Waals surface area (Å²) in [6.45, 7) is 5.91. The lowest BCUT2D eigenvalue weighted by molar-refractivity contribution is 0.0126. The smallest absolute Gasteiger partial charge is 0.261 e. The molecular formula is C12H25F2NO2. The number of rotatable bonds is 10. The number of hydrogen-bond acceptors (Lipinski definition) is 3. The third-order valence-electron chi connectivity index (χ3n) is 2.76. The van der Waals surface area contributed by atoms with Gasteiger partial charge >= 0.3 is 0 Å². The number of ether oxygens (including phenoxy) is 1. The molecule has 5 heteroatoms. The van der Waals surface area contributed by atoms with Gasteiger partial charge in [0.05, 0.1) is 6.61 Å². The summed E-state index contributed by atoms with van der Waals surface area (Å²) in [6.07, 6.45) is -0.212. The first-order valence-corrected chi connectivity index (χ1v) is 6.20. The minimum absolute atomic E-state index is 0.0521. The second kappa shape index (κ2) is 8.78. The summed E-state index contributed by atoms with van der Waals surface area (Å²) in [7, 11) is 0. The molecule has 0 radical (unpaired) electrons. The molecule has 0 bridgehead atoms. The monoisotopic (exact) mass is 253 g/mol. The number of aliphatic hydroxyl groups excluding tert-OH is 1. The van der Waals surface area contributed by atoms with Gasteiger partial charge in [0.25, 0.3) is 6.43 Å². The minimum Gasteiger partial charge on any atom is -0.394 e. The van der Waals surface area contributed by atoms with Crippen molar-refractivity contribution < 1.29 is 18.6 Å². The Kier molecular flexibility index (Phi) is 8.64. The number of nitrogens with one attached hydrogen (secondary N) is 1. The van der Waals surface area contributed by atoms with Crippen LogP contribution < -0.4 is 5.32 Å². The highest BCUT2D eigenvalue weighted by Gasteiger charge is 2.27. The molecule has 2 N–H and O–H groups in total. The Balaban J connectivity index is 3.92. The van der Waals surface area contributed by atoms with Gasteiger partial charge in [0.15, 0.2) is 0 Å². The van der Waals surface area contributed by atoms with Crippen molar-refractivity contribution in [2.45, 2.75) is 58.0 Å². The van der Waals surface area contributed by atoms with E-state index in [-0.39, 0.29) is 18.2 Å². The molecule has 17 heavy (non-hydrogen) atoms. The third-order valence-corrected chi connectivity index (χ3v) is 2.76. The second-order valence-electron chi connectivity index (χ2n) is 4.66. The molecule has 0 spiro atoms. The first-order valence-electron chi connectivity index (χ1n) is 6.20. The van der Waals surface area contributed by atoms with Crippen molar-refractivity contribution in [2.75, 3.05) is 19.8 Å². The van der Waals surface area contributed by atoms with Gasteiger partial charge in [0.2, 0.25) is 0 Å². The van der Waals surface area contributed by atoms with Gasteiger partial charge in [-0.25, -0.2) is 8.78 Å². The number of alkyl halides is 2. The normalized spacial score (nSPS) is 15.5. The van der Waals surface area contributed by atoms with Gasteiger partial charge in [-0.05, 0) is 19.3 Å². The Morgan fingerprint density at radius 1 is 1.35 bits per heavy atom. The van der Waals surface area contributed by atoms with Crippen LogP contribution in [0.5, 0.6) is 0 Å². The largest absolute Gasteiger partial charge is 0.394 e. The Hall–Kier alpha value is -0.260. The highest BCUT2D eigenvalue weighted by Crippen LogP contribution is 2.18. The van der Waals surface area contributed by atoms with Crippen molar-refractivity contribution in [3.63, 3.8) is 0 Å². The molecule has 0 aromatic rings. The summed E-state index contributed by atoms with van der Waals surface area (Å²) in [5, 5.41) is 12.8. The van der Waals surface area contributed by atoms with Crippen LogP contribution in [-0.4, -0.2) is 42.9 Å². The Morgan fingerprint density at radius 2 is 2.00 bits per heavy atom. The maximum atomic E-state index is 11.8. The summed E-state index contributed by atoms with van der Waals surface area (Å²) in [5.41, 5.74) is -0.317. The van der Waals surface area contributed by atoms with Crippen LogP contribution >= 0.6 is 0 Å². The predicted octanol–water partition coefficient (Wildman–Crippen LogP) is 2.19. The van der Waals surface area contributed by atoms with Crippen molar-refractivity contribution in [2.24, 2.45) is 0 Å². The van der Waals surface area contributed by atoms with E-state index in [9.17, 15) is 13.9 Å². The molecule has 1 unspecified atom stereocenters. The van der Waals surface area contributed by atoms with Crippen molar-refractivity contribution in [3.05, 3.63) is 0 Å². The fourth-order valence-electron chi connectivity index (χ4n) is 1.88. The topological polar surface area (TPSA) is 41.5 Å². The lowest BCUT2D eigenvalue weighted by atomic mass is 9.90. The Labute approximate surface area is 103 Å². The van der Waals surface area contributed by atoms with Gasteiger partial charge < -0.3 is 15.2 Å². The standard InChI is InChI=1S/C12H25F2NO2/c1-4-12(9-16,15-10(2)3)6-5-7-17-8-11(13)14/h10-11,15-16H,4-9H2,1-3H3. The molecule has 0 saturated heterocycles. The average Bonchev–Trinajstić information content (AvgIpc) is 2.26. The van der Waals surface area contributed by atoms with Crippen molar-refractivity contribution in [1.29, 1.82) is 0 Å². The predicted molar refractivity (Wildman–Crippen MR) is 64.4 cm³/mol. The van der Waals surface area contributed by atoms with E-state index in [1.165, 1.54) is 0 Å². The Morgan fingerprint density at radius 3 is 2.41 bits per heavy atom. The molecular weight excluding hydrogens is 228 g/mol. The first-order chi connectivity index (χ1) is 7.95. The van der Waals surface area contributed by atoms with E-state index in [1.54, 1.807) is 0 Å². The van der Waals surface area contributed by atoms with Gasteiger partial charge in [-0.3, -0.25) is 0 Å². The van der Waals surface area contributed by atoms with Crippen molar-refractivity contribution in [1.82, 2.24) is 5.32 Å². The van der Waals surface area contributed by atoms with Crippen LogP contribution in [-0.2, 0) is 4.74 Å². The summed E-state index contributed by atoms with van der Waals surface area (Å²) >= 11 is 0. The maximum Gasteiger partial charge on any atom is 0.261 e. The zero-order valence-corrected chi connectivity index (χ0v) is 11.0. The van der Waals surface area contributed by atoms with E-state index in [0.717, 1.165) is 12.8 Å². The summed E-state index contributed by atoms with van der Waals surface area (Å²) < 4.78 is 28.5. The van der Waals surface area contributed by atoms with E-state index in [2.05, 4.69) is 5.32 Å². The van der Waals surface area contributed by atoms with Crippen LogP contribution in [0.25, 0.3) is 0 Å². The number of aliphatic hydroxyl groups is 1. The van der Waals surface area contributed by atoms with Crippen LogP contribution in [0.15, 0.2) is 0 Å². The van der Waals surface area contributed by atoms with E-state index in [1.807, 2.05) is 20.8 Å². The van der Waals surface area contributed by atoms with Crippen molar-refractivity contribution >= 4 is 0 Å². The highest BCUT2D eigenvalue weighted by atomic mass is 19.3. The molecule has 0 rings (SSSR count).